The summed E-state index contributed by atoms with van der Waals surface area (Å²) in [5, 5.41) is 2.81. The number of carbonyl (C=O) groups is 1. The van der Waals surface area contributed by atoms with Crippen molar-refractivity contribution in [2.45, 2.75) is 45.3 Å². The van der Waals surface area contributed by atoms with E-state index in [0.717, 1.165) is 56.5 Å². The van der Waals surface area contributed by atoms with Crippen LogP contribution in [0.25, 0.3) is 0 Å². The summed E-state index contributed by atoms with van der Waals surface area (Å²) in [6.45, 7) is 5.39. The van der Waals surface area contributed by atoms with Crippen molar-refractivity contribution < 1.29 is 22.7 Å². The van der Waals surface area contributed by atoms with Crippen LogP contribution >= 0.6 is 0 Å². The summed E-state index contributed by atoms with van der Waals surface area (Å²) in [5.74, 6) is 0.330. The number of nitrogens with one attached hydrogen (secondary N) is 1. The van der Waals surface area contributed by atoms with Crippen molar-refractivity contribution >= 4 is 6.09 Å². The standard InChI is InChI=1S/C19H27F3N2O2/c1-2-3-11-26-18(25)23-12-16-5-4-10-24(14-16)13-15-6-8-17(9-7-15)19(20,21)22/h6-9,16H,2-5,10-14H2,1H3,(H,23,25). The third kappa shape index (κ3) is 6.86. The highest BCUT2D eigenvalue weighted by Crippen LogP contribution is 2.29. The summed E-state index contributed by atoms with van der Waals surface area (Å²) >= 11 is 0. The van der Waals surface area contributed by atoms with Gasteiger partial charge in [0.05, 0.1) is 12.2 Å². The molecule has 0 spiro atoms. The third-order valence-corrected chi connectivity index (χ3v) is 4.56. The second-order valence-electron chi connectivity index (χ2n) is 6.81. The highest BCUT2D eigenvalue weighted by atomic mass is 19.4. The van der Waals surface area contributed by atoms with E-state index in [2.05, 4.69) is 10.2 Å². The summed E-state index contributed by atoms with van der Waals surface area (Å²) in [5.41, 5.74) is 0.245. The Morgan fingerprint density at radius 1 is 1.31 bits per heavy atom. The number of benzene rings is 1. The fourth-order valence-electron chi connectivity index (χ4n) is 3.11. The molecule has 7 heteroatoms. The number of halogens is 3. The predicted molar refractivity (Wildman–Crippen MR) is 93.7 cm³/mol. The van der Waals surface area contributed by atoms with Gasteiger partial charge in [0.25, 0.3) is 0 Å². The van der Waals surface area contributed by atoms with Gasteiger partial charge in [0.2, 0.25) is 0 Å². The highest BCUT2D eigenvalue weighted by Gasteiger charge is 2.30. The second-order valence-corrected chi connectivity index (χ2v) is 6.81. The van der Waals surface area contributed by atoms with Crippen LogP contribution in [0.2, 0.25) is 0 Å². The van der Waals surface area contributed by atoms with Gasteiger partial charge in [0, 0.05) is 19.6 Å². The maximum atomic E-state index is 12.6. The Morgan fingerprint density at radius 3 is 2.69 bits per heavy atom. The van der Waals surface area contributed by atoms with Crippen LogP contribution in [-0.4, -0.2) is 37.2 Å². The average molecular weight is 372 g/mol. The number of nitrogens with zero attached hydrogens (tertiary/aromatic N) is 1. The molecule has 1 N–H and O–H groups in total. The normalized spacial score (nSPS) is 18.5. The van der Waals surface area contributed by atoms with Crippen molar-refractivity contribution in [3.63, 3.8) is 0 Å². The Bertz CT molecular complexity index is 561. The molecule has 0 radical (unpaired) electrons. The van der Waals surface area contributed by atoms with Gasteiger partial charge in [-0.3, -0.25) is 4.90 Å². The zero-order chi connectivity index (χ0) is 19.0. The topological polar surface area (TPSA) is 41.6 Å². The van der Waals surface area contributed by atoms with Crippen molar-refractivity contribution in [2.24, 2.45) is 5.92 Å². The van der Waals surface area contributed by atoms with Gasteiger partial charge in [0.15, 0.2) is 0 Å². The van der Waals surface area contributed by atoms with Crippen LogP contribution in [-0.2, 0) is 17.5 Å². The van der Waals surface area contributed by atoms with E-state index in [-0.39, 0.29) is 6.09 Å². The molecule has 4 nitrogen and oxygen atoms in total. The first-order valence-corrected chi connectivity index (χ1v) is 9.17. The molecular formula is C19H27F3N2O2. The molecule has 1 amide bonds. The Labute approximate surface area is 152 Å². The molecule has 0 aliphatic carbocycles. The first kappa shape index (κ1) is 20.6. The van der Waals surface area contributed by atoms with E-state index < -0.39 is 11.7 Å². The van der Waals surface area contributed by atoms with Gasteiger partial charge in [-0.15, -0.1) is 0 Å². The number of likely N-dealkylation sites (tertiary alicyclic amines) is 1. The molecule has 0 saturated carbocycles. The lowest BCUT2D eigenvalue weighted by Gasteiger charge is -2.32. The molecule has 146 valence electrons. The molecule has 1 aliphatic rings. The summed E-state index contributed by atoms with van der Waals surface area (Å²) in [7, 11) is 0. The molecule has 1 heterocycles. The Balaban J connectivity index is 1.76. The molecule has 26 heavy (non-hydrogen) atoms. The molecule has 1 unspecified atom stereocenters. The Hall–Kier alpha value is -1.76. The van der Waals surface area contributed by atoms with Crippen LogP contribution in [0.1, 0.15) is 43.7 Å². The predicted octanol–water partition coefficient (Wildman–Crippen LogP) is 4.44. The lowest BCUT2D eigenvalue weighted by Crippen LogP contribution is -2.40. The SMILES string of the molecule is CCCCOC(=O)NCC1CCCN(Cc2ccc(C(F)(F)F)cc2)C1. The van der Waals surface area contributed by atoms with Crippen LogP contribution in [0.5, 0.6) is 0 Å². The molecular weight excluding hydrogens is 345 g/mol. The molecule has 1 aliphatic heterocycles. The van der Waals surface area contributed by atoms with Crippen molar-refractivity contribution in [1.82, 2.24) is 10.2 Å². The lowest BCUT2D eigenvalue weighted by molar-refractivity contribution is -0.137. The Kier molecular flexibility index (Phi) is 7.75. The van der Waals surface area contributed by atoms with Gasteiger partial charge < -0.3 is 10.1 Å². The molecule has 1 saturated heterocycles. The maximum absolute atomic E-state index is 12.6. The van der Waals surface area contributed by atoms with Crippen LogP contribution in [0.15, 0.2) is 24.3 Å². The monoisotopic (exact) mass is 372 g/mol. The third-order valence-electron chi connectivity index (χ3n) is 4.56. The van der Waals surface area contributed by atoms with Gasteiger partial charge in [-0.1, -0.05) is 25.5 Å². The molecule has 1 aromatic rings. The van der Waals surface area contributed by atoms with Crippen molar-refractivity contribution in [1.29, 1.82) is 0 Å². The van der Waals surface area contributed by atoms with Gasteiger partial charge in [-0.2, -0.15) is 13.2 Å². The molecule has 1 aromatic carbocycles. The van der Waals surface area contributed by atoms with Crippen LogP contribution in [0, 0.1) is 5.92 Å². The van der Waals surface area contributed by atoms with E-state index in [0.29, 0.717) is 25.6 Å². The number of piperidine rings is 1. The minimum Gasteiger partial charge on any atom is -0.450 e. The van der Waals surface area contributed by atoms with Crippen molar-refractivity contribution in [2.75, 3.05) is 26.2 Å². The van der Waals surface area contributed by atoms with Crippen LogP contribution in [0.4, 0.5) is 18.0 Å². The summed E-state index contributed by atoms with van der Waals surface area (Å²) in [6.07, 6.45) is -0.798. The maximum Gasteiger partial charge on any atom is 0.416 e. The lowest BCUT2D eigenvalue weighted by atomic mass is 9.97. The zero-order valence-corrected chi connectivity index (χ0v) is 15.1. The van der Waals surface area contributed by atoms with Crippen LogP contribution in [0.3, 0.4) is 0 Å². The number of alkyl halides is 3. The first-order chi connectivity index (χ1) is 12.4. The summed E-state index contributed by atoms with van der Waals surface area (Å²) in [4.78, 5) is 13.8. The molecule has 2 rings (SSSR count). The minimum atomic E-state index is -4.30. The van der Waals surface area contributed by atoms with E-state index in [1.807, 2.05) is 6.92 Å². The molecule has 1 atom stereocenters. The number of ether oxygens (including phenoxy) is 1. The number of unbranched alkanes of at least 4 members (excludes halogenated alkanes) is 1. The van der Waals surface area contributed by atoms with Gasteiger partial charge >= 0.3 is 12.3 Å². The smallest absolute Gasteiger partial charge is 0.416 e. The fraction of sp³-hybridized carbons (Fsp3) is 0.632. The number of hydrogen-bond donors (Lipinski definition) is 1. The van der Waals surface area contributed by atoms with Crippen molar-refractivity contribution in [3.8, 4) is 0 Å². The molecule has 0 bridgehead atoms. The first-order valence-electron chi connectivity index (χ1n) is 9.17. The molecule has 0 aromatic heterocycles. The van der Waals surface area contributed by atoms with E-state index in [4.69, 9.17) is 4.74 Å². The van der Waals surface area contributed by atoms with E-state index in [1.165, 1.54) is 12.1 Å². The fourth-order valence-corrected chi connectivity index (χ4v) is 3.11. The quantitative estimate of drug-likeness (QED) is 0.720. The number of hydrogen-bond acceptors (Lipinski definition) is 3. The zero-order valence-electron chi connectivity index (χ0n) is 15.1. The van der Waals surface area contributed by atoms with Crippen LogP contribution < -0.4 is 5.32 Å². The average Bonchev–Trinajstić information content (AvgIpc) is 2.60. The van der Waals surface area contributed by atoms with E-state index in [1.54, 1.807) is 0 Å². The second kappa shape index (κ2) is 9.80. The molecule has 1 fully saturated rings. The van der Waals surface area contributed by atoms with E-state index >= 15 is 0 Å². The number of alkyl carbamates (subject to hydrolysis) is 1. The largest absolute Gasteiger partial charge is 0.450 e. The number of carbonyl (C=O) groups excluding carboxylic acids is 1. The van der Waals surface area contributed by atoms with Gasteiger partial charge in [0.1, 0.15) is 0 Å². The Morgan fingerprint density at radius 2 is 2.04 bits per heavy atom. The minimum absolute atomic E-state index is 0.330. The van der Waals surface area contributed by atoms with Crippen molar-refractivity contribution in [3.05, 3.63) is 35.4 Å². The number of rotatable bonds is 7. The van der Waals surface area contributed by atoms with E-state index in [9.17, 15) is 18.0 Å². The van der Waals surface area contributed by atoms with Gasteiger partial charge in [-0.25, -0.2) is 4.79 Å². The number of amides is 1. The summed E-state index contributed by atoms with van der Waals surface area (Å²) < 4.78 is 42.9. The van der Waals surface area contributed by atoms with Gasteiger partial charge in [-0.05, 0) is 49.4 Å². The highest BCUT2D eigenvalue weighted by molar-refractivity contribution is 5.67. The summed E-state index contributed by atoms with van der Waals surface area (Å²) in [6, 6.07) is 5.33.